The third kappa shape index (κ3) is 3.79. The van der Waals surface area contributed by atoms with Gasteiger partial charge in [0.05, 0.1) is 17.7 Å². The van der Waals surface area contributed by atoms with Gasteiger partial charge in [0.2, 0.25) is 5.88 Å². The number of fused-ring (bicyclic) bond motifs is 2. The van der Waals surface area contributed by atoms with Crippen molar-refractivity contribution < 1.29 is 18.7 Å². The van der Waals surface area contributed by atoms with Crippen molar-refractivity contribution in [2.24, 2.45) is 5.92 Å². The Morgan fingerprint density at radius 1 is 1.32 bits per heavy atom. The van der Waals surface area contributed by atoms with Crippen LogP contribution >= 0.6 is 0 Å². The van der Waals surface area contributed by atoms with Crippen LogP contribution in [0.1, 0.15) is 24.8 Å². The standard InChI is InChI=1S/C24H23FN6O3/c1-12-16(10-30-23-22(12)28-5-6-33-23)15-7-14-8-19(29-11-17(14)21(27)20(15)25)31-24(32)34-18-4-2-3-13(18)9-26/h7-8,10-11,13,18,28H,2-6,27H2,1H3,(H,29,31,32)/t13?,18-/m0/s1. The molecular formula is C24H23FN6O3. The molecule has 1 amide bonds. The fourth-order valence-corrected chi connectivity index (χ4v) is 4.54. The summed E-state index contributed by atoms with van der Waals surface area (Å²) in [5.41, 5.74) is 8.46. The molecule has 10 heteroatoms. The van der Waals surface area contributed by atoms with E-state index < -0.39 is 18.0 Å². The van der Waals surface area contributed by atoms with Gasteiger partial charge in [0.15, 0.2) is 5.82 Å². The molecule has 1 saturated carbocycles. The molecule has 1 fully saturated rings. The molecule has 174 valence electrons. The zero-order chi connectivity index (χ0) is 23.8. The van der Waals surface area contributed by atoms with Crippen molar-refractivity contribution in [1.82, 2.24) is 9.97 Å². The summed E-state index contributed by atoms with van der Waals surface area (Å²) in [5, 5.41) is 16.0. The van der Waals surface area contributed by atoms with Gasteiger partial charge < -0.3 is 20.5 Å². The molecule has 0 spiro atoms. The van der Waals surface area contributed by atoms with E-state index in [2.05, 4.69) is 26.7 Å². The fourth-order valence-electron chi connectivity index (χ4n) is 4.54. The maximum atomic E-state index is 15.3. The molecule has 1 aliphatic heterocycles. The molecule has 2 aromatic heterocycles. The van der Waals surface area contributed by atoms with Crippen LogP contribution < -0.4 is 21.1 Å². The molecule has 3 aromatic rings. The Bertz CT molecular complexity index is 1340. The lowest BCUT2D eigenvalue weighted by molar-refractivity contribution is 0.0999. The molecule has 3 heterocycles. The van der Waals surface area contributed by atoms with E-state index in [0.29, 0.717) is 41.8 Å². The molecule has 5 rings (SSSR count). The molecule has 0 bridgehead atoms. The molecule has 1 aromatic carbocycles. The van der Waals surface area contributed by atoms with Crippen LogP contribution in [0.4, 0.5) is 26.4 Å². The summed E-state index contributed by atoms with van der Waals surface area (Å²) >= 11 is 0. The van der Waals surface area contributed by atoms with Crippen molar-refractivity contribution in [3.8, 4) is 23.1 Å². The molecular weight excluding hydrogens is 439 g/mol. The van der Waals surface area contributed by atoms with E-state index >= 15 is 4.39 Å². The number of hydrogen-bond donors (Lipinski definition) is 3. The average Bonchev–Trinajstić information content (AvgIpc) is 3.29. The Hall–Kier alpha value is -4.13. The first-order valence-corrected chi connectivity index (χ1v) is 11.1. The van der Waals surface area contributed by atoms with Crippen molar-refractivity contribution in [1.29, 1.82) is 5.26 Å². The Kier molecular flexibility index (Phi) is 5.53. The maximum absolute atomic E-state index is 15.3. The summed E-state index contributed by atoms with van der Waals surface area (Å²) in [7, 11) is 0. The van der Waals surface area contributed by atoms with Crippen LogP contribution in [0.2, 0.25) is 0 Å². The number of halogens is 1. The second kappa shape index (κ2) is 8.67. The van der Waals surface area contributed by atoms with Gasteiger partial charge >= 0.3 is 6.09 Å². The van der Waals surface area contributed by atoms with Gasteiger partial charge in [0, 0.05) is 35.5 Å². The number of ether oxygens (including phenoxy) is 2. The predicted molar refractivity (Wildman–Crippen MR) is 125 cm³/mol. The van der Waals surface area contributed by atoms with E-state index in [1.807, 2.05) is 6.92 Å². The molecule has 0 saturated heterocycles. The lowest BCUT2D eigenvalue weighted by atomic mass is 9.97. The van der Waals surface area contributed by atoms with E-state index in [4.69, 9.17) is 15.2 Å². The monoisotopic (exact) mass is 462 g/mol. The van der Waals surface area contributed by atoms with Crippen molar-refractivity contribution in [2.45, 2.75) is 32.3 Å². The normalized spacial score (nSPS) is 19.0. The van der Waals surface area contributed by atoms with E-state index in [9.17, 15) is 10.1 Å². The molecule has 34 heavy (non-hydrogen) atoms. The summed E-state index contributed by atoms with van der Waals surface area (Å²) in [4.78, 5) is 20.9. The summed E-state index contributed by atoms with van der Waals surface area (Å²) in [5.74, 6) is -0.151. The first kappa shape index (κ1) is 21.7. The molecule has 4 N–H and O–H groups in total. The number of pyridine rings is 2. The van der Waals surface area contributed by atoms with E-state index in [1.54, 1.807) is 18.3 Å². The first-order valence-electron chi connectivity index (χ1n) is 11.1. The second-order valence-corrected chi connectivity index (χ2v) is 8.43. The highest BCUT2D eigenvalue weighted by atomic mass is 19.1. The number of nitrogen functional groups attached to an aromatic ring is 1. The number of benzene rings is 1. The summed E-state index contributed by atoms with van der Waals surface area (Å²) in [6.07, 6.45) is 4.08. The zero-order valence-electron chi connectivity index (χ0n) is 18.5. The van der Waals surface area contributed by atoms with Crippen LogP contribution in [-0.4, -0.2) is 35.3 Å². The summed E-state index contributed by atoms with van der Waals surface area (Å²) < 4.78 is 26.3. The molecule has 2 aliphatic rings. The second-order valence-electron chi connectivity index (χ2n) is 8.43. The van der Waals surface area contributed by atoms with Crippen LogP contribution in [0.3, 0.4) is 0 Å². The van der Waals surface area contributed by atoms with Gasteiger partial charge in [-0.3, -0.25) is 5.32 Å². The Labute approximate surface area is 195 Å². The van der Waals surface area contributed by atoms with Gasteiger partial charge in [-0.2, -0.15) is 5.26 Å². The van der Waals surface area contributed by atoms with Gasteiger partial charge in [-0.05, 0) is 49.3 Å². The topological polar surface area (TPSA) is 135 Å². The van der Waals surface area contributed by atoms with Gasteiger partial charge in [-0.15, -0.1) is 0 Å². The molecule has 2 atom stereocenters. The Morgan fingerprint density at radius 3 is 3.00 bits per heavy atom. The Balaban J connectivity index is 1.47. The quantitative estimate of drug-likeness (QED) is 0.488. The summed E-state index contributed by atoms with van der Waals surface area (Å²) in [6, 6.07) is 5.44. The summed E-state index contributed by atoms with van der Waals surface area (Å²) in [6.45, 7) is 3.01. The number of amides is 1. The molecule has 1 aliphatic carbocycles. The highest BCUT2D eigenvalue weighted by Gasteiger charge is 2.30. The smallest absolute Gasteiger partial charge is 0.413 e. The van der Waals surface area contributed by atoms with Crippen LogP contribution in [0, 0.1) is 30.0 Å². The number of nitrogens with zero attached hydrogens (tertiary/aromatic N) is 3. The number of anilines is 3. The number of nitrogens with one attached hydrogen (secondary N) is 2. The minimum atomic E-state index is -0.685. The number of carbonyl (C=O) groups is 1. The van der Waals surface area contributed by atoms with Crippen LogP contribution in [0.15, 0.2) is 24.5 Å². The van der Waals surface area contributed by atoms with Crippen molar-refractivity contribution >= 4 is 34.1 Å². The van der Waals surface area contributed by atoms with Crippen molar-refractivity contribution in [3.63, 3.8) is 0 Å². The fraction of sp³-hybridized carbons (Fsp3) is 0.333. The highest BCUT2D eigenvalue weighted by molar-refractivity contribution is 5.99. The van der Waals surface area contributed by atoms with Gasteiger partial charge in [0.1, 0.15) is 24.2 Å². The van der Waals surface area contributed by atoms with Crippen molar-refractivity contribution in [2.75, 3.05) is 29.5 Å². The first-order chi connectivity index (χ1) is 16.5. The largest absolute Gasteiger partial charge is 0.474 e. The Morgan fingerprint density at radius 2 is 2.18 bits per heavy atom. The molecule has 0 radical (unpaired) electrons. The predicted octanol–water partition coefficient (Wildman–Crippen LogP) is 4.37. The maximum Gasteiger partial charge on any atom is 0.413 e. The number of nitriles is 1. The third-order valence-electron chi connectivity index (χ3n) is 6.34. The highest BCUT2D eigenvalue weighted by Crippen LogP contribution is 2.39. The number of rotatable bonds is 3. The zero-order valence-corrected chi connectivity index (χ0v) is 18.5. The lowest BCUT2D eigenvalue weighted by Gasteiger charge is -2.22. The van der Waals surface area contributed by atoms with E-state index in [1.165, 1.54) is 6.20 Å². The van der Waals surface area contributed by atoms with Crippen molar-refractivity contribution in [3.05, 3.63) is 35.9 Å². The number of aromatic nitrogens is 2. The minimum absolute atomic E-state index is 0.0433. The average molecular weight is 462 g/mol. The lowest BCUT2D eigenvalue weighted by Crippen LogP contribution is -2.25. The molecule has 1 unspecified atom stereocenters. The van der Waals surface area contributed by atoms with Gasteiger partial charge in [-0.1, -0.05) is 0 Å². The van der Waals surface area contributed by atoms with Crippen LogP contribution in [-0.2, 0) is 4.74 Å². The number of nitrogens with two attached hydrogens (primary N) is 1. The van der Waals surface area contributed by atoms with E-state index in [-0.39, 0.29) is 23.0 Å². The number of carbonyl (C=O) groups excluding carboxylic acids is 1. The van der Waals surface area contributed by atoms with Gasteiger partial charge in [-0.25, -0.2) is 19.2 Å². The number of hydrogen-bond acceptors (Lipinski definition) is 8. The van der Waals surface area contributed by atoms with E-state index in [0.717, 1.165) is 24.1 Å². The molecule has 9 nitrogen and oxygen atoms in total. The third-order valence-corrected chi connectivity index (χ3v) is 6.34. The SMILES string of the molecule is Cc1c(-c2cc3cc(NC(=O)O[C@H]4CCCC4C#N)ncc3c(N)c2F)cnc2c1NCCO2. The van der Waals surface area contributed by atoms with Crippen LogP contribution in [0.25, 0.3) is 21.9 Å². The minimum Gasteiger partial charge on any atom is -0.474 e. The van der Waals surface area contributed by atoms with Gasteiger partial charge in [0.25, 0.3) is 0 Å². The van der Waals surface area contributed by atoms with Crippen LogP contribution in [0.5, 0.6) is 5.88 Å².